The number of nitrogens with two attached hydrogens (primary N) is 1. The molecule has 0 aliphatic rings. The SMILES string of the molecule is Cc1ccc(C(C)NC(=O)c2cnn(CCCN)c2C)o1. The lowest BCUT2D eigenvalue weighted by molar-refractivity contribution is 0.0934. The summed E-state index contributed by atoms with van der Waals surface area (Å²) in [5, 5.41) is 7.16. The lowest BCUT2D eigenvalue weighted by Crippen LogP contribution is -2.26. The molecule has 0 saturated carbocycles. The number of furan rings is 1. The van der Waals surface area contributed by atoms with E-state index >= 15 is 0 Å². The van der Waals surface area contributed by atoms with E-state index in [9.17, 15) is 4.79 Å². The summed E-state index contributed by atoms with van der Waals surface area (Å²) in [6.07, 6.45) is 2.44. The van der Waals surface area contributed by atoms with Crippen LogP contribution in [0.25, 0.3) is 0 Å². The Morgan fingerprint density at radius 2 is 2.24 bits per heavy atom. The summed E-state index contributed by atoms with van der Waals surface area (Å²) in [7, 11) is 0. The fourth-order valence-corrected chi connectivity index (χ4v) is 2.17. The van der Waals surface area contributed by atoms with Crippen molar-refractivity contribution in [1.29, 1.82) is 0 Å². The molecular formula is C15H22N4O2. The molecule has 0 bridgehead atoms. The van der Waals surface area contributed by atoms with Crippen LogP contribution in [-0.2, 0) is 6.54 Å². The maximum atomic E-state index is 12.3. The average molecular weight is 290 g/mol. The Kier molecular flexibility index (Phi) is 4.80. The molecule has 114 valence electrons. The highest BCUT2D eigenvalue weighted by Crippen LogP contribution is 2.17. The van der Waals surface area contributed by atoms with E-state index in [4.69, 9.17) is 10.2 Å². The first-order valence-corrected chi connectivity index (χ1v) is 7.12. The normalized spacial score (nSPS) is 12.4. The third kappa shape index (κ3) is 3.52. The molecule has 0 saturated heterocycles. The van der Waals surface area contributed by atoms with Gasteiger partial charge in [-0.1, -0.05) is 0 Å². The summed E-state index contributed by atoms with van der Waals surface area (Å²) < 4.78 is 7.33. The number of amides is 1. The standard InChI is InChI=1S/C15H22N4O2/c1-10-5-6-14(21-10)11(2)18-15(20)13-9-17-19(12(13)3)8-4-7-16/h5-6,9,11H,4,7-8,16H2,1-3H3,(H,18,20). The van der Waals surface area contributed by atoms with Crippen molar-refractivity contribution in [2.45, 2.75) is 39.8 Å². The summed E-state index contributed by atoms with van der Waals surface area (Å²) in [5.74, 6) is 1.43. The van der Waals surface area contributed by atoms with Gasteiger partial charge >= 0.3 is 0 Å². The van der Waals surface area contributed by atoms with Gasteiger partial charge in [0.2, 0.25) is 0 Å². The first kappa shape index (κ1) is 15.3. The first-order valence-electron chi connectivity index (χ1n) is 7.12. The zero-order valence-corrected chi connectivity index (χ0v) is 12.7. The molecule has 0 fully saturated rings. The molecule has 0 radical (unpaired) electrons. The second-order valence-electron chi connectivity index (χ2n) is 5.15. The molecule has 0 aliphatic carbocycles. The van der Waals surface area contributed by atoms with Gasteiger partial charge in [-0.05, 0) is 45.9 Å². The summed E-state index contributed by atoms with van der Waals surface area (Å²) in [5.41, 5.74) is 6.93. The fraction of sp³-hybridized carbons (Fsp3) is 0.467. The molecule has 3 N–H and O–H groups in total. The van der Waals surface area contributed by atoms with Crippen LogP contribution < -0.4 is 11.1 Å². The third-order valence-electron chi connectivity index (χ3n) is 3.46. The summed E-state index contributed by atoms with van der Waals surface area (Å²) in [6, 6.07) is 3.57. The van der Waals surface area contributed by atoms with Crippen LogP contribution in [0.5, 0.6) is 0 Å². The summed E-state index contributed by atoms with van der Waals surface area (Å²) in [4.78, 5) is 12.3. The van der Waals surface area contributed by atoms with Crippen molar-refractivity contribution in [3.8, 4) is 0 Å². The van der Waals surface area contributed by atoms with Gasteiger partial charge in [0.1, 0.15) is 11.5 Å². The maximum absolute atomic E-state index is 12.3. The molecule has 6 nitrogen and oxygen atoms in total. The molecule has 2 rings (SSSR count). The van der Waals surface area contributed by atoms with E-state index in [2.05, 4.69) is 10.4 Å². The van der Waals surface area contributed by atoms with Crippen LogP contribution in [0.15, 0.2) is 22.7 Å². The number of carbonyl (C=O) groups excluding carboxylic acids is 1. The number of aryl methyl sites for hydroxylation is 2. The van der Waals surface area contributed by atoms with Gasteiger partial charge in [-0.2, -0.15) is 5.10 Å². The van der Waals surface area contributed by atoms with Crippen molar-refractivity contribution >= 4 is 5.91 Å². The molecule has 21 heavy (non-hydrogen) atoms. The summed E-state index contributed by atoms with van der Waals surface area (Å²) >= 11 is 0. The number of hydrogen-bond acceptors (Lipinski definition) is 4. The lowest BCUT2D eigenvalue weighted by atomic mass is 10.2. The van der Waals surface area contributed by atoms with E-state index in [0.717, 1.165) is 30.2 Å². The Bertz CT molecular complexity index is 615. The zero-order chi connectivity index (χ0) is 15.4. The molecule has 2 aromatic heterocycles. The highest BCUT2D eigenvalue weighted by atomic mass is 16.3. The molecule has 1 atom stereocenters. The highest BCUT2D eigenvalue weighted by molar-refractivity contribution is 5.95. The topological polar surface area (TPSA) is 86.1 Å². The second-order valence-corrected chi connectivity index (χ2v) is 5.15. The molecule has 2 heterocycles. The first-order chi connectivity index (χ1) is 10.0. The van der Waals surface area contributed by atoms with Gasteiger partial charge in [-0.25, -0.2) is 0 Å². The Labute approximate surface area is 124 Å². The molecule has 2 aromatic rings. The molecule has 0 aliphatic heterocycles. The minimum absolute atomic E-state index is 0.145. The third-order valence-corrected chi connectivity index (χ3v) is 3.46. The van der Waals surface area contributed by atoms with E-state index in [1.165, 1.54) is 0 Å². The van der Waals surface area contributed by atoms with Crippen molar-refractivity contribution in [3.05, 3.63) is 41.1 Å². The van der Waals surface area contributed by atoms with Crippen LogP contribution in [0.1, 0.15) is 47.0 Å². The van der Waals surface area contributed by atoms with E-state index in [1.807, 2.05) is 37.6 Å². The Morgan fingerprint density at radius 1 is 1.48 bits per heavy atom. The Hall–Kier alpha value is -2.08. The fourth-order valence-electron chi connectivity index (χ4n) is 2.17. The van der Waals surface area contributed by atoms with Gasteiger partial charge in [0, 0.05) is 12.2 Å². The number of nitrogens with one attached hydrogen (secondary N) is 1. The molecule has 6 heteroatoms. The average Bonchev–Trinajstić information content (AvgIpc) is 3.03. The van der Waals surface area contributed by atoms with Crippen molar-refractivity contribution in [1.82, 2.24) is 15.1 Å². The van der Waals surface area contributed by atoms with Crippen LogP contribution in [0.2, 0.25) is 0 Å². The van der Waals surface area contributed by atoms with Crippen LogP contribution in [0.4, 0.5) is 0 Å². The van der Waals surface area contributed by atoms with Gasteiger partial charge in [-0.15, -0.1) is 0 Å². The van der Waals surface area contributed by atoms with Crippen LogP contribution in [-0.4, -0.2) is 22.2 Å². The highest BCUT2D eigenvalue weighted by Gasteiger charge is 2.18. The van der Waals surface area contributed by atoms with Gasteiger partial charge in [-0.3, -0.25) is 9.48 Å². The molecule has 1 amide bonds. The van der Waals surface area contributed by atoms with Crippen LogP contribution in [0, 0.1) is 13.8 Å². The number of aromatic nitrogens is 2. The number of hydrogen-bond donors (Lipinski definition) is 2. The maximum Gasteiger partial charge on any atom is 0.255 e. The van der Waals surface area contributed by atoms with Crippen molar-refractivity contribution < 1.29 is 9.21 Å². The van der Waals surface area contributed by atoms with Gasteiger partial charge in [0.15, 0.2) is 0 Å². The molecule has 1 unspecified atom stereocenters. The lowest BCUT2D eigenvalue weighted by Gasteiger charge is -2.11. The van der Waals surface area contributed by atoms with Gasteiger partial charge in [0.25, 0.3) is 5.91 Å². The zero-order valence-electron chi connectivity index (χ0n) is 12.7. The Morgan fingerprint density at radius 3 is 2.86 bits per heavy atom. The minimum atomic E-state index is -0.182. The molecule has 0 spiro atoms. The van der Waals surface area contributed by atoms with Crippen molar-refractivity contribution in [3.63, 3.8) is 0 Å². The van der Waals surface area contributed by atoms with Crippen LogP contribution in [0.3, 0.4) is 0 Å². The van der Waals surface area contributed by atoms with E-state index in [0.29, 0.717) is 12.1 Å². The number of carbonyl (C=O) groups is 1. The quantitative estimate of drug-likeness (QED) is 0.851. The van der Waals surface area contributed by atoms with E-state index < -0.39 is 0 Å². The predicted molar refractivity (Wildman–Crippen MR) is 80.0 cm³/mol. The van der Waals surface area contributed by atoms with Crippen molar-refractivity contribution in [2.75, 3.05) is 6.54 Å². The largest absolute Gasteiger partial charge is 0.464 e. The Balaban J connectivity index is 2.05. The van der Waals surface area contributed by atoms with E-state index in [-0.39, 0.29) is 11.9 Å². The van der Waals surface area contributed by atoms with E-state index in [1.54, 1.807) is 6.20 Å². The monoisotopic (exact) mass is 290 g/mol. The minimum Gasteiger partial charge on any atom is -0.464 e. The van der Waals surface area contributed by atoms with Gasteiger partial charge in [0.05, 0.1) is 17.8 Å². The van der Waals surface area contributed by atoms with Gasteiger partial charge < -0.3 is 15.5 Å². The predicted octanol–water partition coefficient (Wildman–Crippen LogP) is 1.93. The second kappa shape index (κ2) is 6.58. The smallest absolute Gasteiger partial charge is 0.255 e. The molecule has 0 aromatic carbocycles. The number of nitrogens with zero attached hydrogens (tertiary/aromatic N) is 2. The van der Waals surface area contributed by atoms with Crippen molar-refractivity contribution in [2.24, 2.45) is 5.73 Å². The number of rotatable bonds is 6. The summed E-state index contributed by atoms with van der Waals surface area (Å²) in [6.45, 7) is 6.99. The molecular weight excluding hydrogens is 268 g/mol. The van der Waals surface area contributed by atoms with Crippen LogP contribution >= 0.6 is 0 Å².